The molecule has 2 aromatic rings. The van der Waals surface area contributed by atoms with Gasteiger partial charge in [-0.05, 0) is 59.7 Å². The van der Waals surface area contributed by atoms with E-state index >= 15 is 0 Å². The zero-order valence-corrected chi connectivity index (χ0v) is 18.3. The number of aryl methyl sites for hydroxylation is 1. The SMILES string of the molecule is CCC(CCc1ccc(C(F)(F)F)cc1)C[Si](Cc1ccccn1)C(C)(C)C. The zero-order chi connectivity index (χ0) is 20.8. The van der Waals surface area contributed by atoms with Crippen LogP contribution in [-0.4, -0.2) is 13.8 Å². The summed E-state index contributed by atoms with van der Waals surface area (Å²) in [5, 5.41) is 0.282. The van der Waals surface area contributed by atoms with Gasteiger partial charge in [0.25, 0.3) is 0 Å². The molecule has 1 unspecified atom stereocenters. The van der Waals surface area contributed by atoms with Crippen LogP contribution in [0.1, 0.15) is 57.4 Å². The highest BCUT2D eigenvalue weighted by Crippen LogP contribution is 2.35. The van der Waals surface area contributed by atoms with E-state index in [1.807, 2.05) is 18.3 Å². The number of alkyl halides is 3. The molecule has 1 radical (unpaired) electrons. The Morgan fingerprint density at radius 2 is 1.68 bits per heavy atom. The van der Waals surface area contributed by atoms with Crippen molar-refractivity contribution in [2.45, 2.75) is 70.3 Å². The molecule has 0 aliphatic heterocycles. The van der Waals surface area contributed by atoms with Gasteiger partial charge in [0.05, 0.1) is 14.4 Å². The van der Waals surface area contributed by atoms with Gasteiger partial charge in [0.15, 0.2) is 0 Å². The van der Waals surface area contributed by atoms with Gasteiger partial charge in [0.1, 0.15) is 0 Å². The first-order valence-corrected chi connectivity index (χ1v) is 11.9. The maximum atomic E-state index is 12.7. The topological polar surface area (TPSA) is 12.9 Å². The number of pyridine rings is 1. The molecule has 0 saturated carbocycles. The van der Waals surface area contributed by atoms with E-state index in [-0.39, 0.29) is 5.04 Å². The number of hydrogen-bond donors (Lipinski definition) is 0. The highest BCUT2D eigenvalue weighted by Gasteiger charge is 2.31. The Kier molecular flexibility index (Phi) is 7.87. The number of rotatable bonds is 8. The van der Waals surface area contributed by atoms with Crippen molar-refractivity contribution >= 4 is 8.80 Å². The first-order chi connectivity index (χ1) is 13.1. The van der Waals surface area contributed by atoms with E-state index in [2.05, 4.69) is 38.7 Å². The second-order valence-corrected chi connectivity index (χ2v) is 12.0. The van der Waals surface area contributed by atoms with Gasteiger partial charge in [-0.15, -0.1) is 0 Å². The van der Waals surface area contributed by atoms with E-state index in [1.165, 1.54) is 23.9 Å². The van der Waals surface area contributed by atoms with Crippen LogP contribution in [0, 0.1) is 5.92 Å². The van der Waals surface area contributed by atoms with Crippen molar-refractivity contribution in [3.8, 4) is 0 Å². The summed E-state index contributed by atoms with van der Waals surface area (Å²) in [5.41, 5.74) is 1.58. The minimum atomic E-state index is -4.26. The third kappa shape index (κ3) is 7.08. The molecule has 0 saturated heterocycles. The van der Waals surface area contributed by atoms with E-state index in [0.717, 1.165) is 30.9 Å². The molecule has 2 rings (SSSR count). The summed E-state index contributed by atoms with van der Waals surface area (Å²) in [5.74, 6) is 0.596. The molecule has 1 nitrogen and oxygen atoms in total. The van der Waals surface area contributed by atoms with Gasteiger partial charge in [-0.1, -0.05) is 58.4 Å². The quantitative estimate of drug-likeness (QED) is 0.425. The summed E-state index contributed by atoms with van der Waals surface area (Å²) in [7, 11) is -0.664. The molecule has 1 aromatic carbocycles. The number of hydrogen-bond acceptors (Lipinski definition) is 1. The molecule has 28 heavy (non-hydrogen) atoms. The number of halogens is 3. The van der Waals surface area contributed by atoms with Gasteiger partial charge in [-0.2, -0.15) is 13.2 Å². The maximum Gasteiger partial charge on any atom is 0.416 e. The number of aromatic nitrogens is 1. The second-order valence-electron chi connectivity index (χ2n) is 8.56. The molecule has 0 bridgehead atoms. The first-order valence-electron chi connectivity index (χ1n) is 10.0. The van der Waals surface area contributed by atoms with Crippen LogP contribution in [-0.2, 0) is 18.6 Å². The van der Waals surface area contributed by atoms with Crippen molar-refractivity contribution in [2.24, 2.45) is 5.92 Å². The van der Waals surface area contributed by atoms with Gasteiger partial charge in [-0.3, -0.25) is 4.98 Å². The summed E-state index contributed by atoms with van der Waals surface area (Å²) in [4.78, 5) is 4.52. The van der Waals surface area contributed by atoms with Crippen LogP contribution in [0.5, 0.6) is 0 Å². The van der Waals surface area contributed by atoms with Crippen molar-refractivity contribution in [2.75, 3.05) is 0 Å². The van der Waals surface area contributed by atoms with Gasteiger partial charge in [0.2, 0.25) is 0 Å². The molecule has 0 aliphatic rings. The van der Waals surface area contributed by atoms with Crippen molar-refractivity contribution in [3.05, 3.63) is 65.5 Å². The molecule has 153 valence electrons. The summed E-state index contributed by atoms with van der Waals surface area (Å²) < 4.78 is 38.2. The monoisotopic (exact) mass is 406 g/mol. The van der Waals surface area contributed by atoms with Gasteiger partial charge < -0.3 is 0 Å². The smallest absolute Gasteiger partial charge is 0.262 e. The summed E-state index contributed by atoms with van der Waals surface area (Å²) in [6.07, 6.45) is 0.556. The number of nitrogens with zero attached hydrogens (tertiary/aromatic N) is 1. The van der Waals surface area contributed by atoms with E-state index in [0.29, 0.717) is 5.92 Å². The molecule has 0 aliphatic carbocycles. The molecule has 0 N–H and O–H groups in total. The Morgan fingerprint density at radius 3 is 2.18 bits per heavy atom. The van der Waals surface area contributed by atoms with Crippen LogP contribution in [0.4, 0.5) is 13.2 Å². The maximum absolute atomic E-state index is 12.7. The van der Waals surface area contributed by atoms with E-state index < -0.39 is 20.5 Å². The van der Waals surface area contributed by atoms with Crippen LogP contribution in [0.25, 0.3) is 0 Å². The lowest BCUT2D eigenvalue weighted by Gasteiger charge is -2.32. The Morgan fingerprint density at radius 1 is 1.00 bits per heavy atom. The van der Waals surface area contributed by atoms with Gasteiger partial charge in [0, 0.05) is 11.9 Å². The largest absolute Gasteiger partial charge is 0.416 e. The van der Waals surface area contributed by atoms with E-state index in [9.17, 15) is 13.2 Å². The van der Waals surface area contributed by atoms with Crippen LogP contribution in [0.3, 0.4) is 0 Å². The van der Waals surface area contributed by atoms with Crippen molar-refractivity contribution in [1.82, 2.24) is 4.98 Å². The zero-order valence-electron chi connectivity index (χ0n) is 17.3. The second kappa shape index (κ2) is 9.73. The standard InChI is InChI=1S/C23H31F3NSi/c1-5-18(9-10-19-11-13-20(14-12-19)23(24,25)26)16-28(22(2,3)4)17-21-8-6-7-15-27-21/h6-8,11-15,18H,5,9-10,16-17H2,1-4H3. The lowest BCUT2D eigenvalue weighted by molar-refractivity contribution is -0.137. The predicted molar refractivity (Wildman–Crippen MR) is 112 cm³/mol. The summed E-state index contributed by atoms with van der Waals surface area (Å²) in [6, 6.07) is 14.0. The van der Waals surface area contributed by atoms with Crippen molar-refractivity contribution < 1.29 is 13.2 Å². The molecule has 0 amide bonds. The summed E-state index contributed by atoms with van der Waals surface area (Å²) in [6.45, 7) is 9.20. The Balaban J connectivity index is 1.98. The molecular formula is C23H31F3NSi. The Hall–Kier alpha value is -1.62. The highest BCUT2D eigenvalue weighted by molar-refractivity contribution is 6.61. The summed E-state index contributed by atoms with van der Waals surface area (Å²) >= 11 is 0. The average Bonchev–Trinajstić information content (AvgIpc) is 2.64. The lowest BCUT2D eigenvalue weighted by Crippen LogP contribution is -2.31. The Bertz CT molecular complexity index is 705. The van der Waals surface area contributed by atoms with E-state index in [1.54, 1.807) is 12.1 Å². The minimum Gasteiger partial charge on any atom is -0.262 e. The van der Waals surface area contributed by atoms with Gasteiger partial charge in [-0.25, -0.2) is 0 Å². The Labute approximate surface area is 169 Å². The molecule has 1 atom stereocenters. The fourth-order valence-corrected chi connectivity index (χ4v) is 6.52. The van der Waals surface area contributed by atoms with Crippen molar-refractivity contribution in [1.29, 1.82) is 0 Å². The minimum absolute atomic E-state index is 0.282. The van der Waals surface area contributed by atoms with Crippen LogP contribution in [0.2, 0.25) is 11.1 Å². The fraction of sp³-hybridized carbons (Fsp3) is 0.522. The number of benzene rings is 1. The van der Waals surface area contributed by atoms with Crippen LogP contribution >= 0.6 is 0 Å². The van der Waals surface area contributed by atoms with Crippen LogP contribution in [0.15, 0.2) is 48.7 Å². The third-order valence-corrected chi connectivity index (χ3v) is 9.40. The van der Waals surface area contributed by atoms with Crippen molar-refractivity contribution in [3.63, 3.8) is 0 Å². The van der Waals surface area contributed by atoms with Gasteiger partial charge >= 0.3 is 6.18 Å². The fourth-order valence-electron chi connectivity index (χ4n) is 3.40. The lowest BCUT2D eigenvalue weighted by atomic mass is 9.98. The molecular weight excluding hydrogens is 375 g/mol. The molecule has 0 fully saturated rings. The molecule has 1 aromatic heterocycles. The van der Waals surface area contributed by atoms with Crippen LogP contribution < -0.4 is 0 Å². The normalized spacial score (nSPS) is 13.7. The molecule has 5 heteroatoms. The van der Waals surface area contributed by atoms with E-state index in [4.69, 9.17) is 0 Å². The average molecular weight is 407 g/mol. The first kappa shape index (κ1) is 22.7. The highest BCUT2D eigenvalue weighted by atomic mass is 28.3. The molecule has 1 heterocycles. The third-order valence-electron chi connectivity index (χ3n) is 5.42. The predicted octanol–water partition coefficient (Wildman–Crippen LogP) is 7.14. The molecule has 0 spiro atoms.